The van der Waals surface area contributed by atoms with Gasteiger partial charge in [0.15, 0.2) is 0 Å². The molecule has 3 nitrogen and oxygen atoms in total. The Labute approximate surface area is 231 Å². The van der Waals surface area contributed by atoms with E-state index in [1.54, 1.807) is 0 Å². The van der Waals surface area contributed by atoms with E-state index in [4.69, 9.17) is 9.97 Å². The van der Waals surface area contributed by atoms with E-state index < -0.39 is 0 Å². The van der Waals surface area contributed by atoms with Crippen LogP contribution >= 0.6 is 0 Å². The standard InChI is InChI=1S/C37H23N3/c1-2-8-24(9-3-1)34-31-14-5-4-10-27(31)22-30-18-20-32(39-35(30)34)28-11-6-12-29(23-28)33-19-17-26-16-15-25-13-7-21-38-36(25)37(26)40-33/h1-23H. The number of pyridine rings is 3. The zero-order valence-electron chi connectivity index (χ0n) is 21.6. The third-order valence-electron chi connectivity index (χ3n) is 7.65. The molecule has 3 heteroatoms. The molecular weight excluding hydrogens is 486 g/mol. The van der Waals surface area contributed by atoms with Crippen LogP contribution in [-0.4, -0.2) is 15.0 Å². The second-order valence-corrected chi connectivity index (χ2v) is 10.1. The largest absolute Gasteiger partial charge is 0.254 e. The van der Waals surface area contributed by atoms with Gasteiger partial charge in [-0.25, -0.2) is 9.97 Å². The van der Waals surface area contributed by atoms with Crippen molar-refractivity contribution in [3.8, 4) is 33.6 Å². The van der Waals surface area contributed by atoms with Crippen molar-refractivity contribution < 1.29 is 0 Å². The highest BCUT2D eigenvalue weighted by Crippen LogP contribution is 2.37. The topological polar surface area (TPSA) is 38.7 Å². The minimum atomic E-state index is 0.921. The van der Waals surface area contributed by atoms with Gasteiger partial charge in [-0.2, -0.15) is 0 Å². The first kappa shape index (κ1) is 22.6. The monoisotopic (exact) mass is 509 g/mol. The maximum absolute atomic E-state index is 5.27. The highest BCUT2D eigenvalue weighted by atomic mass is 14.8. The van der Waals surface area contributed by atoms with Gasteiger partial charge in [0.05, 0.1) is 27.9 Å². The van der Waals surface area contributed by atoms with Crippen molar-refractivity contribution in [3.63, 3.8) is 0 Å². The molecule has 8 rings (SSSR count). The molecule has 0 aliphatic heterocycles. The van der Waals surface area contributed by atoms with E-state index in [1.807, 2.05) is 12.3 Å². The number of nitrogens with zero attached hydrogens (tertiary/aromatic N) is 3. The summed E-state index contributed by atoms with van der Waals surface area (Å²) in [5, 5.41) is 5.74. The van der Waals surface area contributed by atoms with Gasteiger partial charge in [0.2, 0.25) is 0 Å². The Morgan fingerprint density at radius 2 is 1.00 bits per heavy atom. The fraction of sp³-hybridized carbons (Fsp3) is 0. The third-order valence-corrected chi connectivity index (χ3v) is 7.65. The zero-order valence-corrected chi connectivity index (χ0v) is 21.6. The Morgan fingerprint density at radius 1 is 0.375 bits per heavy atom. The summed E-state index contributed by atoms with van der Waals surface area (Å²) < 4.78 is 0. The molecule has 0 aliphatic carbocycles. The van der Waals surface area contributed by atoms with Crippen LogP contribution < -0.4 is 0 Å². The first-order chi connectivity index (χ1) is 19.8. The maximum atomic E-state index is 5.27. The summed E-state index contributed by atoms with van der Waals surface area (Å²) >= 11 is 0. The third kappa shape index (κ3) is 3.71. The summed E-state index contributed by atoms with van der Waals surface area (Å²) in [4.78, 5) is 15.0. The summed E-state index contributed by atoms with van der Waals surface area (Å²) in [5.41, 5.74) is 9.17. The lowest BCUT2D eigenvalue weighted by atomic mass is 9.94. The van der Waals surface area contributed by atoms with Crippen molar-refractivity contribution in [2.24, 2.45) is 0 Å². The molecule has 0 fully saturated rings. The van der Waals surface area contributed by atoms with E-state index in [-0.39, 0.29) is 0 Å². The highest BCUT2D eigenvalue weighted by Gasteiger charge is 2.13. The minimum Gasteiger partial charge on any atom is -0.254 e. The van der Waals surface area contributed by atoms with Crippen LogP contribution in [0.1, 0.15) is 0 Å². The van der Waals surface area contributed by atoms with E-state index in [1.165, 1.54) is 21.9 Å². The van der Waals surface area contributed by atoms with Gasteiger partial charge in [0, 0.05) is 39.0 Å². The molecule has 5 aromatic carbocycles. The van der Waals surface area contributed by atoms with Gasteiger partial charge in [0.1, 0.15) is 0 Å². The van der Waals surface area contributed by atoms with Crippen LogP contribution in [0.2, 0.25) is 0 Å². The van der Waals surface area contributed by atoms with Crippen LogP contribution in [0.4, 0.5) is 0 Å². The van der Waals surface area contributed by atoms with Crippen molar-refractivity contribution in [2.45, 2.75) is 0 Å². The number of aromatic nitrogens is 3. The van der Waals surface area contributed by atoms with Crippen molar-refractivity contribution in [3.05, 3.63) is 140 Å². The van der Waals surface area contributed by atoms with Crippen LogP contribution in [0.3, 0.4) is 0 Å². The number of benzene rings is 5. The predicted molar refractivity (Wildman–Crippen MR) is 166 cm³/mol. The molecule has 0 radical (unpaired) electrons. The number of hydrogen-bond acceptors (Lipinski definition) is 3. The van der Waals surface area contributed by atoms with Crippen LogP contribution in [0.5, 0.6) is 0 Å². The minimum absolute atomic E-state index is 0.921. The van der Waals surface area contributed by atoms with Gasteiger partial charge >= 0.3 is 0 Å². The molecule has 0 saturated heterocycles. The van der Waals surface area contributed by atoms with Gasteiger partial charge in [-0.3, -0.25) is 4.98 Å². The lowest BCUT2D eigenvalue weighted by Crippen LogP contribution is -1.92. The molecule has 0 aliphatic rings. The highest BCUT2D eigenvalue weighted by molar-refractivity contribution is 6.11. The Balaban J connectivity index is 1.30. The molecule has 8 aromatic rings. The van der Waals surface area contributed by atoms with Gasteiger partial charge in [-0.15, -0.1) is 0 Å². The SMILES string of the molecule is c1ccc(-c2c3ccccc3cc3ccc(-c4cccc(-c5ccc6ccc7cccnc7c6n5)c4)nc23)cc1. The van der Waals surface area contributed by atoms with Gasteiger partial charge in [-0.1, -0.05) is 103 Å². The molecule has 0 amide bonds. The number of hydrogen-bond donors (Lipinski definition) is 0. The Morgan fingerprint density at radius 3 is 1.82 bits per heavy atom. The van der Waals surface area contributed by atoms with Crippen molar-refractivity contribution in [2.75, 3.05) is 0 Å². The molecule has 3 aromatic heterocycles. The van der Waals surface area contributed by atoms with Gasteiger partial charge in [-0.05, 0) is 46.7 Å². The Bertz CT molecular complexity index is 2220. The normalized spacial score (nSPS) is 11.5. The fourth-order valence-electron chi connectivity index (χ4n) is 5.71. The number of rotatable bonds is 3. The summed E-state index contributed by atoms with van der Waals surface area (Å²) in [5.74, 6) is 0. The lowest BCUT2D eigenvalue weighted by molar-refractivity contribution is 1.36. The second kappa shape index (κ2) is 9.11. The van der Waals surface area contributed by atoms with Crippen molar-refractivity contribution >= 4 is 43.5 Å². The molecule has 0 unspecified atom stereocenters. The first-order valence-corrected chi connectivity index (χ1v) is 13.5. The van der Waals surface area contributed by atoms with E-state index in [0.717, 1.165) is 55.2 Å². The Kier molecular flexibility index (Phi) is 5.14. The molecule has 0 saturated carbocycles. The van der Waals surface area contributed by atoms with E-state index in [9.17, 15) is 0 Å². The van der Waals surface area contributed by atoms with Gasteiger partial charge < -0.3 is 0 Å². The smallest absolute Gasteiger partial charge is 0.0972 e. The summed E-state index contributed by atoms with van der Waals surface area (Å²) in [6.45, 7) is 0. The molecule has 3 heterocycles. The number of fused-ring (bicyclic) bond motifs is 5. The molecule has 0 N–H and O–H groups in total. The van der Waals surface area contributed by atoms with Crippen molar-refractivity contribution in [1.29, 1.82) is 0 Å². The maximum Gasteiger partial charge on any atom is 0.0972 e. The van der Waals surface area contributed by atoms with Crippen molar-refractivity contribution in [1.82, 2.24) is 15.0 Å². The van der Waals surface area contributed by atoms with Crippen LogP contribution in [0.25, 0.3) is 77.1 Å². The fourth-order valence-corrected chi connectivity index (χ4v) is 5.71. The Hall–Kier alpha value is -5.41. The molecule has 0 spiro atoms. The average Bonchev–Trinajstić information content (AvgIpc) is 3.03. The van der Waals surface area contributed by atoms with Crippen LogP contribution in [0.15, 0.2) is 140 Å². The quantitative estimate of drug-likeness (QED) is 0.176. The lowest BCUT2D eigenvalue weighted by Gasteiger charge is -2.13. The van der Waals surface area contributed by atoms with Crippen LogP contribution in [0, 0.1) is 0 Å². The first-order valence-electron chi connectivity index (χ1n) is 13.5. The molecule has 40 heavy (non-hydrogen) atoms. The predicted octanol–water partition coefficient (Wildman–Crippen LogP) is 9.49. The van der Waals surface area contributed by atoms with Crippen LogP contribution in [-0.2, 0) is 0 Å². The molecule has 0 bridgehead atoms. The summed E-state index contributed by atoms with van der Waals surface area (Å²) in [7, 11) is 0. The molecular formula is C37H23N3. The summed E-state index contributed by atoms with van der Waals surface area (Å²) in [6, 6.07) is 46.7. The van der Waals surface area contributed by atoms with E-state index in [0.29, 0.717) is 0 Å². The second-order valence-electron chi connectivity index (χ2n) is 10.1. The van der Waals surface area contributed by atoms with Gasteiger partial charge in [0.25, 0.3) is 0 Å². The van der Waals surface area contributed by atoms with E-state index >= 15 is 0 Å². The average molecular weight is 510 g/mol. The van der Waals surface area contributed by atoms with E-state index in [2.05, 4.69) is 132 Å². The zero-order chi connectivity index (χ0) is 26.5. The molecule has 186 valence electrons. The summed E-state index contributed by atoms with van der Waals surface area (Å²) in [6.07, 6.45) is 1.83. The molecule has 0 atom stereocenters.